The van der Waals surface area contributed by atoms with Gasteiger partial charge in [-0.15, -0.1) is 0 Å². The van der Waals surface area contributed by atoms with Crippen LogP contribution in [0.3, 0.4) is 0 Å². The topological polar surface area (TPSA) is 122 Å². The number of aliphatic imine (C=N–C) groups is 1. The third kappa shape index (κ3) is 5.79. The molecule has 0 bridgehead atoms. The molecule has 3 heterocycles. The summed E-state index contributed by atoms with van der Waals surface area (Å²) in [5, 5.41) is 17.0. The van der Waals surface area contributed by atoms with E-state index >= 15 is 0 Å². The van der Waals surface area contributed by atoms with Crippen LogP contribution >= 0.6 is 11.6 Å². The van der Waals surface area contributed by atoms with Gasteiger partial charge in [0.15, 0.2) is 10.7 Å². The fourth-order valence-electron chi connectivity index (χ4n) is 4.62. The number of rotatable bonds is 8. The zero-order valence-electron chi connectivity index (χ0n) is 23.0. The van der Waals surface area contributed by atoms with Crippen molar-refractivity contribution in [1.82, 2.24) is 20.4 Å². The normalized spacial score (nSPS) is 21.8. The average molecular weight is 564 g/mol. The van der Waals surface area contributed by atoms with Crippen LogP contribution in [0.2, 0.25) is 0 Å². The fraction of sp³-hybridized carbons (Fsp3) is 0.538. The Morgan fingerprint density at radius 2 is 1.97 bits per heavy atom. The molecule has 38 heavy (non-hydrogen) atoms. The van der Waals surface area contributed by atoms with Crippen molar-refractivity contribution >= 4 is 38.8 Å². The molecule has 4 rings (SSSR count). The van der Waals surface area contributed by atoms with Crippen molar-refractivity contribution < 1.29 is 13.2 Å². The van der Waals surface area contributed by atoms with Crippen molar-refractivity contribution in [3.05, 3.63) is 40.7 Å². The van der Waals surface area contributed by atoms with Crippen LogP contribution in [0, 0.1) is 6.92 Å². The number of ether oxygens (including phenoxy) is 1. The molecule has 2 aromatic rings. The Morgan fingerprint density at radius 3 is 2.61 bits per heavy atom. The first-order chi connectivity index (χ1) is 17.8. The lowest BCUT2D eigenvalue weighted by Gasteiger charge is -2.32. The number of nitrogens with zero attached hydrogens (tertiary/aromatic N) is 3. The summed E-state index contributed by atoms with van der Waals surface area (Å²) >= 11 is 6.59. The summed E-state index contributed by atoms with van der Waals surface area (Å²) in [5.74, 6) is 1.63. The van der Waals surface area contributed by atoms with E-state index in [-0.39, 0.29) is 11.1 Å². The molecular weight excluding hydrogens is 526 g/mol. The zero-order valence-corrected chi connectivity index (χ0v) is 24.6. The maximum Gasteiger partial charge on any atom is 0.202 e. The third-order valence-corrected chi connectivity index (χ3v) is 9.24. The highest BCUT2D eigenvalue weighted by molar-refractivity contribution is 7.92. The highest BCUT2D eigenvalue weighted by Crippen LogP contribution is 2.36. The van der Waals surface area contributed by atoms with Gasteiger partial charge in [-0.2, -0.15) is 5.10 Å². The van der Waals surface area contributed by atoms with Gasteiger partial charge < -0.3 is 26.0 Å². The smallest absolute Gasteiger partial charge is 0.202 e. The standard InChI is InChI=1S/C26H38ClN7O3S/c1-15(2)37-22-11-19(18-8-9-28-12-18)17(5)10-20(22)30-25-29-13-23(27)26(6,32-25)31-21-14-34(7)33-24(21)38(35,36)16(3)4/h10-11,13-16,18,28,31H,8-9,12H2,1-7H3,(H2,29,30,32). The molecule has 0 amide bonds. The summed E-state index contributed by atoms with van der Waals surface area (Å²) in [7, 11) is -1.96. The van der Waals surface area contributed by atoms with E-state index in [9.17, 15) is 8.42 Å². The molecule has 2 aliphatic heterocycles. The lowest BCUT2D eigenvalue weighted by atomic mass is 9.93. The molecule has 0 spiro atoms. The fourth-order valence-corrected chi connectivity index (χ4v) is 5.87. The van der Waals surface area contributed by atoms with Gasteiger partial charge in [0.1, 0.15) is 5.75 Å². The molecule has 1 aromatic heterocycles. The first-order valence-electron chi connectivity index (χ1n) is 12.9. The van der Waals surface area contributed by atoms with Gasteiger partial charge in [0.25, 0.3) is 0 Å². The van der Waals surface area contributed by atoms with Gasteiger partial charge >= 0.3 is 0 Å². The van der Waals surface area contributed by atoms with E-state index in [1.165, 1.54) is 15.8 Å². The molecule has 10 nitrogen and oxygen atoms in total. The number of anilines is 2. The predicted molar refractivity (Wildman–Crippen MR) is 153 cm³/mol. The number of hydrogen-bond acceptors (Lipinski definition) is 9. The number of nitrogens with one attached hydrogen (secondary N) is 4. The summed E-state index contributed by atoms with van der Waals surface area (Å²) in [6.45, 7) is 13.1. The molecule has 208 valence electrons. The number of halogens is 1. The molecule has 0 radical (unpaired) electrons. The number of aryl methyl sites for hydroxylation is 2. The molecule has 1 aromatic carbocycles. The molecule has 12 heteroatoms. The van der Waals surface area contributed by atoms with Crippen molar-refractivity contribution in [2.24, 2.45) is 12.0 Å². The number of benzene rings is 1. The summed E-state index contributed by atoms with van der Waals surface area (Å²) in [6, 6.07) is 4.20. The van der Waals surface area contributed by atoms with Gasteiger partial charge in [-0.05, 0) is 83.7 Å². The summed E-state index contributed by atoms with van der Waals surface area (Å²) in [5.41, 5.74) is 2.40. The zero-order chi connectivity index (χ0) is 27.8. The second-order valence-electron chi connectivity index (χ2n) is 10.6. The SMILES string of the molecule is Cc1cc(NC2=NC(C)(Nc3cn(C)nc3S(=O)(=O)C(C)C)C(Cl)=CN2)c(OC(C)C)cc1C1CCNC1. The molecule has 2 atom stereocenters. The van der Waals surface area contributed by atoms with Crippen molar-refractivity contribution in [3.63, 3.8) is 0 Å². The van der Waals surface area contributed by atoms with Crippen LogP contribution in [0.1, 0.15) is 58.1 Å². The number of aromatic nitrogens is 2. The molecular formula is C26H38ClN7O3S. The number of hydrogen-bond donors (Lipinski definition) is 4. The predicted octanol–water partition coefficient (Wildman–Crippen LogP) is 4.05. The van der Waals surface area contributed by atoms with E-state index in [0.29, 0.717) is 22.6 Å². The van der Waals surface area contributed by atoms with Gasteiger partial charge in [-0.1, -0.05) is 11.6 Å². The van der Waals surface area contributed by atoms with Crippen molar-refractivity contribution in [2.75, 3.05) is 23.7 Å². The Balaban J connectivity index is 1.67. The van der Waals surface area contributed by atoms with E-state index in [2.05, 4.69) is 45.4 Å². The first kappa shape index (κ1) is 28.3. The van der Waals surface area contributed by atoms with Crippen molar-refractivity contribution in [1.29, 1.82) is 0 Å². The van der Waals surface area contributed by atoms with Crippen molar-refractivity contribution in [3.8, 4) is 5.75 Å². The minimum Gasteiger partial charge on any atom is -0.489 e. The van der Waals surface area contributed by atoms with Gasteiger partial charge in [0, 0.05) is 26.0 Å². The molecule has 4 N–H and O–H groups in total. The Kier molecular flexibility index (Phi) is 8.02. The van der Waals surface area contributed by atoms with Gasteiger partial charge in [-0.3, -0.25) is 4.68 Å². The number of sulfone groups is 1. The molecule has 1 saturated heterocycles. The Morgan fingerprint density at radius 1 is 1.24 bits per heavy atom. The Bertz CT molecular complexity index is 1360. The van der Waals surface area contributed by atoms with Crippen LogP contribution in [-0.4, -0.2) is 54.3 Å². The molecule has 1 fully saturated rings. The van der Waals surface area contributed by atoms with E-state index in [0.717, 1.165) is 30.9 Å². The first-order valence-corrected chi connectivity index (χ1v) is 14.8. The largest absolute Gasteiger partial charge is 0.489 e. The highest BCUT2D eigenvalue weighted by Gasteiger charge is 2.35. The van der Waals surface area contributed by atoms with E-state index in [1.807, 2.05) is 13.8 Å². The van der Waals surface area contributed by atoms with Crippen molar-refractivity contribution in [2.45, 2.75) is 75.9 Å². The van der Waals surface area contributed by atoms with E-state index in [1.54, 1.807) is 40.2 Å². The third-order valence-electron chi connectivity index (χ3n) is 6.68. The minimum atomic E-state index is -3.63. The summed E-state index contributed by atoms with van der Waals surface area (Å²) < 4.78 is 33.5. The van der Waals surface area contributed by atoms with Gasteiger partial charge in [0.05, 0.1) is 27.8 Å². The van der Waals surface area contributed by atoms with Crippen LogP contribution in [-0.2, 0) is 16.9 Å². The maximum atomic E-state index is 12.9. The van der Waals surface area contributed by atoms with Crippen LogP contribution in [0.15, 0.2) is 39.6 Å². The lowest BCUT2D eigenvalue weighted by molar-refractivity contribution is 0.243. The monoisotopic (exact) mass is 563 g/mol. The van der Waals surface area contributed by atoms with Crippen LogP contribution < -0.4 is 26.0 Å². The van der Waals surface area contributed by atoms with Crippen LogP contribution in [0.4, 0.5) is 11.4 Å². The molecule has 0 saturated carbocycles. The van der Waals surface area contributed by atoms with Crippen LogP contribution in [0.5, 0.6) is 5.75 Å². The van der Waals surface area contributed by atoms with Gasteiger partial charge in [-0.25, -0.2) is 13.4 Å². The quantitative estimate of drug-likeness (QED) is 0.379. The van der Waals surface area contributed by atoms with E-state index < -0.39 is 20.8 Å². The minimum absolute atomic E-state index is 0.0118. The summed E-state index contributed by atoms with van der Waals surface area (Å²) in [4.78, 5) is 4.80. The molecule has 2 aliphatic rings. The second kappa shape index (κ2) is 10.8. The summed E-state index contributed by atoms with van der Waals surface area (Å²) in [6.07, 6.45) is 4.33. The maximum absolute atomic E-state index is 12.9. The lowest BCUT2D eigenvalue weighted by Crippen LogP contribution is -2.43. The van der Waals surface area contributed by atoms with E-state index in [4.69, 9.17) is 21.3 Å². The molecule has 0 aliphatic carbocycles. The van der Waals surface area contributed by atoms with Crippen LogP contribution in [0.25, 0.3) is 0 Å². The Labute approximate surface area is 230 Å². The average Bonchev–Trinajstić information content (AvgIpc) is 3.47. The highest BCUT2D eigenvalue weighted by atomic mass is 35.5. The van der Waals surface area contributed by atoms with Gasteiger partial charge in [0.2, 0.25) is 15.8 Å². The molecule has 2 unspecified atom stereocenters. The number of guanidine groups is 1. The Hall–Kier alpha value is -2.76. The second-order valence-corrected chi connectivity index (χ2v) is 13.4.